The summed E-state index contributed by atoms with van der Waals surface area (Å²) in [5.41, 5.74) is -1.07. The van der Waals surface area contributed by atoms with Crippen molar-refractivity contribution in [3.8, 4) is 0 Å². The maximum Gasteiger partial charge on any atom is 0.435 e. The van der Waals surface area contributed by atoms with E-state index in [1.165, 1.54) is 6.07 Å². The molecule has 1 heterocycles. The highest BCUT2D eigenvalue weighted by Gasteiger charge is 2.33. The van der Waals surface area contributed by atoms with Crippen LogP contribution in [0.3, 0.4) is 0 Å². The predicted molar refractivity (Wildman–Crippen MR) is 61.8 cm³/mol. The number of aliphatic carboxylic acids is 1. The number of nitrogens with zero attached hydrogens (tertiary/aromatic N) is 3. The molecule has 0 radical (unpaired) electrons. The first-order chi connectivity index (χ1) is 8.71. The lowest BCUT2D eigenvalue weighted by atomic mass is 10.2. The molecule has 0 aliphatic carbocycles. The number of carboxylic acids is 1. The summed E-state index contributed by atoms with van der Waals surface area (Å²) in [4.78, 5) is 12.1. The molecular formula is C11H14F3N3O2. The second-order valence-electron chi connectivity index (χ2n) is 4.21. The fourth-order valence-electron chi connectivity index (χ4n) is 1.48. The molecule has 0 spiro atoms. The van der Waals surface area contributed by atoms with Crippen LogP contribution in [0, 0.1) is 0 Å². The summed E-state index contributed by atoms with van der Waals surface area (Å²) < 4.78 is 37.0. The second-order valence-corrected chi connectivity index (χ2v) is 4.21. The number of halogens is 3. The van der Waals surface area contributed by atoms with E-state index in [-0.39, 0.29) is 24.8 Å². The van der Waals surface area contributed by atoms with Gasteiger partial charge in [0.05, 0.1) is 6.42 Å². The van der Waals surface area contributed by atoms with Crippen molar-refractivity contribution in [3.63, 3.8) is 0 Å². The Kier molecular flexibility index (Phi) is 4.68. The molecule has 8 heteroatoms. The van der Waals surface area contributed by atoms with Gasteiger partial charge in [0.15, 0.2) is 11.5 Å². The van der Waals surface area contributed by atoms with Crippen molar-refractivity contribution < 1.29 is 23.1 Å². The third kappa shape index (κ3) is 4.38. The number of hydrogen-bond acceptors (Lipinski definition) is 4. The molecule has 106 valence electrons. The zero-order chi connectivity index (χ0) is 14.6. The highest BCUT2D eigenvalue weighted by atomic mass is 19.4. The Morgan fingerprint density at radius 1 is 1.37 bits per heavy atom. The van der Waals surface area contributed by atoms with E-state index < -0.39 is 17.8 Å². The lowest BCUT2D eigenvalue weighted by molar-refractivity contribution is -0.141. The Hall–Kier alpha value is -1.86. The van der Waals surface area contributed by atoms with Crippen molar-refractivity contribution in [2.45, 2.75) is 32.5 Å². The molecule has 0 unspecified atom stereocenters. The summed E-state index contributed by atoms with van der Waals surface area (Å²) in [5, 5.41) is 15.3. The standard InChI is InChI=1S/C11H14F3N3O2/c1-7(2)17(6-5-10(18)19)9-4-3-8(15-16-9)11(12,13)14/h3-4,7H,5-6H2,1-2H3,(H,18,19). The molecular weight excluding hydrogens is 263 g/mol. The number of rotatable bonds is 5. The van der Waals surface area contributed by atoms with Crippen LogP contribution in [0.4, 0.5) is 19.0 Å². The van der Waals surface area contributed by atoms with E-state index in [2.05, 4.69) is 10.2 Å². The van der Waals surface area contributed by atoms with Crippen LogP contribution >= 0.6 is 0 Å². The molecule has 0 saturated heterocycles. The summed E-state index contributed by atoms with van der Waals surface area (Å²) in [6.45, 7) is 3.75. The first kappa shape index (κ1) is 15.2. The molecule has 19 heavy (non-hydrogen) atoms. The highest BCUT2D eigenvalue weighted by molar-refractivity contribution is 5.67. The van der Waals surface area contributed by atoms with Gasteiger partial charge in [-0.3, -0.25) is 4.79 Å². The van der Waals surface area contributed by atoms with Gasteiger partial charge in [-0.05, 0) is 26.0 Å². The quantitative estimate of drug-likeness (QED) is 0.893. The molecule has 1 N–H and O–H groups in total. The van der Waals surface area contributed by atoms with Crippen molar-refractivity contribution in [1.82, 2.24) is 10.2 Å². The summed E-state index contributed by atoms with van der Waals surface area (Å²) in [7, 11) is 0. The molecule has 1 aromatic heterocycles. The molecule has 0 atom stereocenters. The van der Waals surface area contributed by atoms with Crippen LogP contribution in [0.1, 0.15) is 26.0 Å². The summed E-state index contributed by atoms with van der Waals surface area (Å²) in [6.07, 6.45) is -4.66. The number of alkyl halides is 3. The Balaban J connectivity index is 2.88. The smallest absolute Gasteiger partial charge is 0.435 e. The minimum absolute atomic E-state index is 0.0922. The SMILES string of the molecule is CC(C)N(CCC(=O)O)c1ccc(C(F)(F)F)nn1. The van der Waals surface area contributed by atoms with Gasteiger partial charge in [-0.15, -0.1) is 10.2 Å². The molecule has 5 nitrogen and oxygen atoms in total. The van der Waals surface area contributed by atoms with Gasteiger partial charge < -0.3 is 10.0 Å². The largest absolute Gasteiger partial charge is 0.481 e. The van der Waals surface area contributed by atoms with Gasteiger partial charge in [0.1, 0.15) is 0 Å². The van der Waals surface area contributed by atoms with Gasteiger partial charge in [0, 0.05) is 12.6 Å². The number of aromatic nitrogens is 2. The number of carbonyl (C=O) groups is 1. The first-order valence-electron chi connectivity index (χ1n) is 5.61. The Labute approximate surface area is 108 Å². The molecule has 0 aliphatic rings. The van der Waals surface area contributed by atoms with Gasteiger partial charge in [-0.1, -0.05) is 0 Å². The van der Waals surface area contributed by atoms with E-state index in [1.54, 1.807) is 18.7 Å². The van der Waals surface area contributed by atoms with Crippen LogP contribution < -0.4 is 4.90 Å². The lowest BCUT2D eigenvalue weighted by Gasteiger charge is -2.26. The summed E-state index contributed by atoms with van der Waals surface area (Å²) in [6, 6.07) is 1.93. The average Bonchev–Trinajstić information content (AvgIpc) is 2.27. The van der Waals surface area contributed by atoms with Crippen LogP contribution in [0.15, 0.2) is 12.1 Å². The fourth-order valence-corrected chi connectivity index (χ4v) is 1.48. The second kappa shape index (κ2) is 5.85. The normalized spacial score (nSPS) is 11.7. The number of hydrogen-bond donors (Lipinski definition) is 1. The molecule has 0 aromatic carbocycles. The number of anilines is 1. The fraction of sp³-hybridized carbons (Fsp3) is 0.545. The van der Waals surface area contributed by atoms with E-state index in [9.17, 15) is 18.0 Å². The molecule has 1 aromatic rings. The molecule has 0 fully saturated rings. The van der Waals surface area contributed by atoms with Gasteiger partial charge in [-0.25, -0.2) is 0 Å². The van der Waals surface area contributed by atoms with Crippen molar-refractivity contribution in [2.24, 2.45) is 0 Å². The molecule has 1 rings (SSSR count). The third-order valence-electron chi connectivity index (χ3n) is 2.43. The molecule has 0 aliphatic heterocycles. The zero-order valence-corrected chi connectivity index (χ0v) is 10.5. The Bertz CT molecular complexity index is 432. The first-order valence-corrected chi connectivity index (χ1v) is 5.61. The Morgan fingerprint density at radius 2 is 2.00 bits per heavy atom. The van der Waals surface area contributed by atoms with Gasteiger partial charge >= 0.3 is 12.1 Å². The highest BCUT2D eigenvalue weighted by Crippen LogP contribution is 2.27. The minimum Gasteiger partial charge on any atom is -0.481 e. The average molecular weight is 277 g/mol. The van der Waals surface area contributed by atoms with Crippen molar-refractivity contribution in [1.29, 1.82) is 0 Å². The minimum atomic E-state index is -4.53. The number of carboxylic acid groups (broad SMARTS) is 1. The van der Waals surface area contributed by atoms with Gasteiger partial charge in [0.25, 0.3) is 0 Å². The van der Waals surface area contributed by atoms with Crippen LogP contribution in [0.2, 0.25) is 0 Å². The van der Waals surface area contributed by atoms with Gasteiger partial charge in [0.2, 0.25) is 0 Å². The van der Waals surface area contributed by atoms with E-state index in [1.807, 2.05) is 0 Å². The molecule has 0 bridgehead atoms. The third-order valence-corrected chi connectivity index (χ3v) is 2.43. The summed E-state index contributed by atoms with van der Waals surface area (Å²) in [5.74, 6) is -0.755. The lowest BCUT2D eigenvalue weighted by Crippen LogP contribution is -2.33. The van der Waals surface area contributed by atoms with Crippen LogP contribution in [-0.4, -0.2) is 33.9 Å². The Morgan fingerprint density at radius 3 is 2.37 bits per heavy atom. The summed E-state index contributed by atoms with van der Waals surface area (Å²) >= 11 is 0. The molecule has 0 amide bonds. The van der Waals surface area contributed by atoms with Crippen LogP contribution in [0.25, 0.3) is 0 Å². The van der Waals surface area contributed by atoms with Crippen LogP contribution in [0.5, 0.6) is 0 Å². The van der Waals surface area contributed by atoms with E-state index in [0.29, 0.717) is 0 Å². The van der Waals surface area contributed by atoms with E-state index >= 15 is 0 Å². The van der Waals surface area contributed by atoms with Crippen molar-refractivity contribution >= 4 is 11.8 Å². The van der Waals surface area contributed by atoms with Crippen molar-refractivity contribution in [3.05, 3.63) is 17.8 Å². The maximum atomic E-state index is 12.3. The van der Waals surface area contributed by atoms with E-state index in [0.717, 1.165) is 6.07 Å². The van der Waals surface area contributed by atoms with Crippen LogP contribution in [-0.2, 0) is 11.0 Å². The molecule has 0 saturated carbocycles. The zero-order valence-electron chi connectivity index (χ0n) is 10.5. The van der Waals surface area contributed by atoms with Crippen molar-refractivity contribution in [2.75, 3.05) is 11.4 Å². The van der Waals surface area contributed by atoms with Gasteiger partial charge in [-0.2, -0.15) is 13.2 Å². The maximum absolute atomic E-state index is 12.3. The monoisotopic (exact) mass is 277 g/mol. The predicted octanol–water partition coefficient (Wildman–Crippen LogP) is 2.18. The topological polar surface area (TPSA) is 66.3 Å². The van der Waals surface area contributed by atoms with E-state index in [4.69, 9.17) is 5.11 Å².